The first kappa shape index (κ1) is 17.3. The number of benzene rings is 2. The minimum atomic E-state index is -0.199. The maximum absolute atomic E-state index is 13.5. The molecule has 0 aliphatic heterocycles. The van der Waals surface area contributed by atoms with Crippen LogP contribution in [-0.4, -0.2) is 14.4 Å². The van der Waals surface area contributed by atoms with E-state index in [0.717, 1.165) is 38.5 Å². The van der Waals surface area contributed by atoms with Gasteiger partial charge in [0.15, 0.2) is 5.65 Å². The number of hydrogen-bond donors (Lipinski definition) is 0. The molecule has 0 amide bonds. The second kappa shape index (κ2) is 5.86. The number of nitriles is 1. The largest absolute Gasteiger partial charge is 0.268 e. The molecule has 0 aliphatic rings. The van der Waals surface area contributed by atoms with Gasteiger partial charge >= 0.3 is 0 Å². The normalized spacial score (nSPS) is 11.6. The number of aryl methyl sites for hydroxylation is 4. The highest BCUT2D eigenvalue weighted by atomic mass is 16.1. The van der Waals surface area contributed by atoms with Gasteiger partial charge in [-0.2, -0.15) is 5.26 Å². The zero-order valence-electron chi connectivity index (χ0n) is 16.7. The van der Waals surface area contributed by atoms with Crippen molar-refractivity contribution >= 4 is 38.5 Å². The SMILES string of the molecule is Cc1cc(C)c2nc3c(cc(C#N)c4nc5c(C)cc(C)cc5c(=O)n43)cc2c1. The summed E-state index contributed by atoms with van der Waals surface area (Å²) in [5.74, 6) is 0. The Bertz CT molecular complexity index is 1620. The molecule has 0 saturated heterocycles. The molecule has 0 atom stereocenters. The van der Waals surface area contributed by atoms with Gasteiger partial charge in [0.25, 0.3) is 5.56 Å². The van der Waals surface area contributed by atoms with E-state index in [1.807, 2.05) is 45.9 Å². The lowest BCUT2D eigenvalue weighted by atomic mass is 10.0. The first-order valence-corrected chi connectivity index (χ1v) is 9.46. The van der Waals surface area contributed by atoms with Crippen LogP contribution in [0.2, 0.25) is 0 Å². The van der Waals surface area contributed by atoms with Gasteiger partial charge in [-0.05, 0) is 68.7 Å². The van der Waals surface area contributed by atoms with Crippen LogP contribution >= 0.6 is 0 Å². The lowest BCUT2D eigenvalue weighted by Gasteiger charge is -2.12. The zero-order valence-corrected chi connectivity index (χ0v) is 16.7. The topological polar surface area (TPSA) is 71.0 Å². The van der Waals surface area contributed by atoms with E-state index in [2.05, 4.69) is 18.2 Å². The molecule has 5 aromatic rings. The molecule has 0 spiro atoms. The summed E-state index contributed by atoms with van der Waals surface area (Å²) in [4.78, 5) is 23.1. The van der Waals surface area contributed by atoms with Crippen molar-refractivity contribution in [1.82, 2.24) is 14.4 Å². The first-order chi connectivity index (χ1) is 13.9. The average molecular weight is 378 g/mol. The smallest absolute Gasteiger partial charge is 0.267 e. The molecule has 0 bridgehead atoms. The summed E-state index contributed by atoms with van der Waals surface area (Å²) in [6.07, 6.45) is 0. The second-order valence-electron chi connectivity index (χ2n) is 7.78. The van der Waals surface area contributed by atoms with E-state index in [9.17, 15) is 10.1 Å². The predicted molar refractivity (Wildman–Crippen MR) is 115 cm³/mol. The molecule has 140 valence electrons. The molecule has 0 unspecified atom stereocenters. The Kier molecular flexibility index (Phi) is 3.50. The fourth-order valence-electron chi connectivity index (χ4n) is 4.27. The summed E-state index contributed by atoms with van der Waals surface area (Å²) >= 11 is 0. The van der Waals surface area contributed by atoms with Crippen LogP contribution in [0.5, 0.6) is 0 Å². The third kappa shape index (κ3) is 2.43. The highest BCUT2D eigenvalue weighted by molar-refractivity contribution is 5.96. The summed E-state index contributed by atoms with van der Waals surface area (Å²) < 4.78 is 1.49. The van der Waals surface area contributed by atoms with E-state index in [1.165, 1.54) is 4.40 Å². The third-order valence-corrected chi connectivity index (χ3v) is 5.44. The van der Waals surface area contributed by atoms with Crippen LogP contribution in [0.3, 0.4) is 0 Å². The third-order valence-electron chi connectivity index (χ3n) is 5.44. The summed E-state index contributed by atoms with van der Waals surface area (Å²) in [5.41, 5.74) is 6.63. The van der Waals surface area contributed by atoms with Crippen LogP contribution in [0.4, 0.5) is 0 Å². The number of nitrogens with zero attached hydrogens (tertiary/aromatic N) is 4. The minimum Gasteiger partial charge on any atom is -0.268 e. The van der Waals surface area contributed by atoms with E-state index in [0.29, 0.717) is 27.8 Å². The quantitative estimate of drug-likeness (QED) is 0.290. The zero-order chi connectivity index (χ0) is 20.4. The average Bonchev–Trinajstić information content (AvgIpc) is 2.67. The molecule has 29 heavy (non-hydrogen) atoms. The fraction of sp³-hybridized carbons (Fsp3) is 0.167. The van der Waals surface area contributed by atoms with Gasteiger partial charge in [-0.3, -0.25) is 4.79 Å². The van der Waals surface area contributed by atoms with E-state index in [4.69, 9.17) is 9.97 Å². The van der Waals surface area contributed by atoms with Crippen molar-refractivity contribution in [3.8, 4) is 6.07 Å². The number of fused-ring (bicyclic) bond motifs is 5. The highest BCUT2D eigenvalue weighted by Crippen LogP contribution is 2.26. The molecule has 5 nitrogen and oxygen atoms in total. The molecule has 0 radical (unpaired) electrons. The molecule has 0 N–H and O–H groups in total. The fourth-order valence-corrected chi connectivity index (χ4v) is 4.27. The molecule has 3 aromatic heterocycles. The molecule has 0 fully saturated rings. The van der Waals surface area contributed by atoms with Crippen LogP contribution in [0, 0.1) is 39.0 Å². The Hall–Kier alpha value is -3.78. The van der Waals surface area contributed by atoms with Crippen molar-refractivity contribution in [3.05, 3.63) is 74.6 Å². The minimum absolute atomic E-state index is 0.199. The monoisotopic (exact) mass is 378 g/mol. The van der Waals surface area contributed by atoms with Crippen LogP contribution in [0.1, 0.15) is 27.8 Å². The van der Waals surface area contributed by atoms with Crippen LogP contribution in [-0.2, 0) is 0 Å². The maximum Gasteiger partial charge on any atom is 0.267 e. The van der Waals surface area contributed by atoms with Crippen LogP contribution in [0.15, 0.2) is 41.2 Å². The van der Waals surface area contributed by atoms with Crippen molar-refractivity contribution in [3.63, 3.8) is 0 Å². The summed E-state index contributed by atoms with van der Waals surface area (Å²) in [5, 5.41) is 12.0. The van der Waals surface area contributed by atoms with Gasteiger partial charge in [-0.15, -0.1) is 0 Å². The Morgan fingerprint density at radius 1 is 0.793 bits per heavy atom. The van der Waals surface area contributed by atoms with Gasteiger partial charge in [0.1, 0.15) is 11.7 Å². The number of rotatable bonds is 0. The number of aromatic nitrogens is 3. The molecular weight excluding hydrogens is 360 g/mol. The second-order valence-corrected chi connectivity index (χ2v) is 7.78. The van der Waals surface area contributed by atoms with Gasteiger partial charge in [0.05, 0.1) is 22.0 Å². The van der Waals surface area contributed by atoms with E-state index >= 15 is 0 Å². The summed E-state index contributed by atoms with van der Waals surface area (Å²) in [6.45, 7) is 7.96. The Morgan fingerprint density at radius 3 is 2.17 bits per heavy atom. The Morgan fingerprint density at radius 2 is 1.45 bits per heavy atom. The Balaban J connectivity index is 2.10. The van der Waals surface area contributed by atoms with Gasteiger partial charge in [-0.25, -0.2) is 14.4 Å². The summed E-state index contributed by atoms with van der Waals surface area (Å²) in [6, 6.07) is 14.0. The number of hydrogen-bond acceptors (Lipinski definition) is 4. The molecule has 5 heteroatoms. The van der Waals surface area contributed by atoms with E-state index in [1.54, 1.807) is 6.07 Å². The van der Waals surface area contributed by atoms with E-state index < -0.39 is 0 Å². The van der Waals surface area contributed by atoms with Crippen molar-refractivity contribution in [1.29, 1.82) is 5.26 Å². The van der Waals surface area contributed by atoms with Crippen molar-refractivity contribution in [2.45, 2.75) is 27.7 Å². The first-order valence-electron chi connectivity index (χ1n) is 9.46. The van der Waals surface area contributed by atoms with Gasteiger partial charge in [0, 0.05) is 10.8 Å². The highest BCUT2D eigenvalue weighted by Gasteiger charge is 2.16. The van der Waals surface area contributed by atoms with Crippen LogP contribution < -0.4 is 5.56 Å². The van der Waals surface area contributed by atoms with Crippen molar-refractivity contribution < 1.29 is 0 Å². The molecule has 3 heterocycles. The maximum atomic E-state index is 13.5. The number of pyridine rings is 2. The Labute approximate surface area is 166 Å². The van der Waals surface area contributed by atoms with Gasteiger partial charge < -0.3 is 0 Å². The van der Waals surface area contributed by atoms with Crippen LogP contribution in [0.25, 0.3) is 38.5 Å². The van der Waals surface area contributed by atoms with Gasteiger partial charge in [-0.1, -0.05) is 17.7 Å². The molecule has 0 saturated carbocycles. The molecule has 0 aliphatic carbocycles. The molecular formula is C24H18N4O. The lowest BCUT2D eigenvalue weighted by molar-refractivity contribution is 1.09. The molecule has 5 rings (SSSR count). The standard InChI is InChI=1S/C24H18N4O/c1-12-5-14(3)20-16(7-12)9-17-10-18(11-25)23-27-21-15(4)6-13(2)8-19(21)24(29)28(23)22(17)26-20/h5-10H,1-4H3. The predicted octanol–water partition coefficient (Wildman–Crippen LogP) is 4.65. The summed E-state index contributed by atoms with van der Waals surface area (Å²) in [7, 11) is 0. The van der Waals surface area contributed by atoms with Gasteiger partial charge in [0.2, 0.25) is 0 Å². The molecule has 2 aromatic carbocycles. The van der Waals surface area contributed by atoms with Crippen molar-refractivity contribution in [2.75, 3.05) is 0 Å². The lowest BCUT2D eigenvalue weighted by Crippen LogP contribution is -2.18. The van der Waals surface area contributed by atoms with Crippen molar-refractivity contribution in [2.24, 2.45) is 0 Å². The van der Waals surface area contributed by atoms with E-state index in [-0.39, 0.29) is 5.56 Å².